The summed E-state index contributed by atoms with van der Waals surface area (Å²) in [6.45, 7) is 3.92. The first kappa shape index (κ1) is 17.2. The number of hydrogen-bond donors (Lipinski definition) is 2. The summed E-state index contributed by atoms with van der Waals surface area (Å²) in [5, 5.41) is 12.4. The maximum Gasteiger partial charge on any atom is 0.330 e. The molecule has 2 rings (SSSR count). The van der Waals surface area contributed by atoms with Crippen molar-refractivity contribution in [3.8, 4) is 0 Å². The predicted molar refractivity (Wildman–Crippen MR) is 92.6 cm³/mol. The molecule has 2 atom stereocenters. The van der Waals surface area contributed by atoms with Gasteiger partial charge in [0.05, 0.1) is 0 Å². The number of benzene rings is 1. The van der Waals surface area contributed by atoms with E-state index in [1.807, 2.05) is 37.7 Å². The fourth-order valence-corrected chi connectivity index (χ4v) is 4.99. The Morgan fingerprint density at radius 2 is 2.09 bits per heavy atom. The molecule has 0 saturated carbocycles. The van der Waals surface area contributed by atoms with Crippen LogP contribution in [0.15, 0.2) is 18.2 Å². The summed E-state index contributed by atoms with van der Waals surface area (Å²) in [7, 11) is 0. The van der Waals surface area contributed by atoms with E-state index in [2.05, 4.69) is 5.32 Å². The zero-order valence-corrected chi connectivity index (χ0v) is 14.4. The first-order valence-corrected chi connectivity index (χ1v) is 9.46. The molecule has 2 N–H and O–H groups in total. The number of carbonyl (C=O) groups is 2. The molecule has 6 heteroatoms. The fraction of sp³-hybridized carbons (Fsp3) is 0.500. The highest BCUT2D eigenvalue weighted by atomic mass is 32.2. The molecular formula is C16H21NO3S2. The van der Waals surface area contributed by atoms with Gasteiger partial charge in [0.1, 0.15) is 0 Å². The number of amides is 1. The van der Waals surface area contributed by atoms with Crippen LogP contribution in [0.5, 0.6) is 0 Å². The van der Waals surface area contributed by atoms with Crippen molar-refractivity contribution < 1.29 is 14.7 Å². The molecule has 4 nitrogen and oxygen atoms in total. The lowest BCUT2D eigenvalue weighted by molar-refractivity contribution is -0.142. The van der Waals surface area contributed by atoms with Crippen molar-refractivity contribution in [1.82, 2.24) is 5.32 Å². The summed E-state index contributed by atoms with van der Waals surface area (Å²) in [5.74, 6) is 1.93. The van der Waals surface area contributed by atoms with E-state index in [0.717, 1.165) is 28.4 Å². The average Bonchev–Trinajstić information content (AvgIpc) is 2.48. The van der Waals surface area contributed by atoms with Crippen LogP contribution in [-0.2, 0) is 9.59 Å². The number of carbonyl (C=O) groups excluding carboxylic acids is 1. The van der Waals surface area contributed by atoms with E-state index in [-0.39, 0.29) is 11.2 Å². The molecule has 2 unspecified atom stereocenters. The van der Waals surface area contributed by atoms with Crippen molar-refractivity contribution in [2.75, 3.05) is 17.3 Å². The molecule has 1 saturated heterocycles. The van der Waals surface area contributed by atoms with E-state index >= 15 is 0 Å². The fourth-order valence-electron chi connectivity index (χ4n) is 2.31. The quantitative estimate of drug-likeness (QED) is 0.863. The van der Waals surface area contributed by atoms with Crippen molar-refractivity contribution in [1.29, 1.82) is 0 Å². The minimum atomic E-state index is -1.03. The number of aliphatic carboxylic acids is 1. The largest absolute Gasteiger partial charge is 0.479 e. The van der Waals surface area contributed by atoms with Crippen LogP contribution >= 0.6 is 23.5 Å². The Morgan fingerprint density at radius 3 is 2.68 bits per heavy atom. The smallest absolute Gasteiger partial charge is 0.330 e. The van der Waals surface area contributed by atoms with Crippen LogP contribution in [-0.4, -0.2) is 39.5 Å². The van der Waals surface area contributed by atoms with Gasteiger partial charge in [-0.2, -0.15) is 23.5 Å². The number of hydrogen-bond acceptors (Lipinski definition) is 4. The Balaban J connectivity index is 2.03. The standard InChI is InChI=1S/C16H21NO3S2/c1-10-3-4-12(7-11(10)2)15(16(19)20)17-14(18)8-13-9-21-5-6-22-13/h3-4,7,13,15H,5-6,8-9H2,1-2H3,(H,17,18)(H,19,20). The van der Waals surface area contributed by atoms with E-state index in [9.17, 15) is 14.7 Å². The summed E-state index contributed by atoms with van der Waals surface area (Å²) < 4.78 is 0. The van der Waals surface area contributed by atoms with Gasteiger partial charge in [0.2, 0.25) is 5.91 Å². The number of aryl methyl sites for hydroxylation is 2. The second-order valence-electron chi connectivity index (χ2n) is 5.45. The molecule has 1 amide bonds. The number of nitrogens with one attached hydrogen (secondary N) is 1. The van der Waals surface area contributed by atoms with Crippen molar-refractivity contribution in [2.45, 2.75) is 31.6 Å². The number of carboxylic acid groups (broad SMARTS) is 1. The second kappa shape index (κ2) is 7.92. The molecule has 1 fully saturated rings. The lowest BCUT2D eigenvalue weighted by Crippen LogP contribution is -2.36. The number of rotatable bonds is 5. The zero-order chi connectivity index (χ0) is 16.1. The summed E-state index contributed by atoms with van der Waals surface area (Å²) in [5.41, 5.74) is 2.75. The van der Waals surface area contributed by atoms with Crippen LogP contribution in [0, 0.1) is 13.8 Å². The molecule has 1 aromatic rings. The lowest BCUT2D eigenvalue weighted by Gasteiger charge is -2.22. The summed E-state index contributed by atoms with van der Waals surface area (Å²) in [6.07, 6.45) is 0.381. The highest BCUT2D eigenvalue weighted by molar-refractivity contribution is 8.06. The van der Waals surface area contributed by atoms with Crippen molar-refractivity contribution in [2.24, 2.45) is 0 Å². The third-order valence-electron chi connectivity index (χ3n) is 3.71. The summed E-state index contributed by atoms with van der Waals surface area (Å²) in [6, 6.07) is 4.51. The van der Waals surface area contributed by atoms with Gasteiger partial charge in [-0.25, -0.2) is 4.79 Å². The van der Waals surface area contributed by atoms with Crippen LogP contribution in [0.2, 0.25) is 0 Å². The van der Waals surface area contributed by atoms with Gasteiger partial charge in [-0.3, -0.25) is 4.79 Å². The van der Waals surface area contributed by atoms with Crippen LogP contribution in [0.4, 0.5) is 0 Å². The maximum atomic E-state index is 12.2. The van der Waals surface area contributed by atoms with Crippen molar-refractivity contribution >= 4 is 35.4 Å². The number of thioether (sulfide) groups is 2. The van der Waals surface area contributed by atoms with Crippen LogP contribution < -0.4 is 5.32 Å². The van der Waals surface area contributed by atoms with Gasteiger partial charge >= 0.3 is 5.97 Å². The molecule has 0 aromatic heterocycles. The van der Waals surface area contributed by atoms with Crippen LogP contribution in [0.25, 0.3) is 0 Å². The van der Waals surface area contributed by atoms with E-state index in [0.29, 0.717) is 12.0 Å². The van der Waals surface area contributed by atoms with E-state index in [1.54, 1.807) is 17.8 Å². The molecule has 1 aliphatic rings. The van der Waals surface area contributed by atoms with Gasteiger partial charge in [-0.05, 0) is 30.5 Å². The van der Waals surface area contributed by atoms with Crippen molar-refractivity contribution in [3.63, 3.8) is 0 Å². The minimum absolute atomic E-state index is 0.189. The van der Waals surface area contributed by atoms with Crippen LogP contribution in [0.1, 0.15) is 29.2 Å². The Bertz CT molecular complexity index is 556. The van der Waals surface area contributed by atoms with Crippen LogP contribution in [0.3, 0.4) is 0 Å². The van der Waals surface area contributed by atoms with Gasteiger partial charge in [0, 0.05) is 28.9 Å². The highest BCUT2D eigenvalue weighted by Crippen LogP contribution is 2.26. The highest BCUT2D eigenvalue weighted by Gasteiger charge is 2.25. The predicted octanol–water partition coefficient (Wildman–Crippen LogP) is 2.78. The second-order valence-corrected chi connectivity index (χ2v) is 8.01. The molecule has 0 aliphatic carbocycles. The topological polar surface area (TPSA) is 66.4 Å². The maximum absolute atomic E-state index is 12.2. The number of carboxylic acids is 1. The van der Waals surface area contributed by atoms with E-state index in [1.165, 1.54) is 0 Å². The Hall–Kier alpha value is -1.14. The summed E-state index contributed by atoms with van der Waals surface area (Å²) >= 11 is 3.65. The van der Waals surface area contributed by atoms with Crippen molar-refractivity contribution in [3.05, 3.63) is 34.9 Å². The molecule has 0 spiro atoms. The third-order valence-corrected chi connectivity index (χ3v) is 6.56. The first-order chi connectivity index (χ1) is 10.5. The molecule has 0 radical (unpaired) electrons. The molecule has 120 valence electrons. The average molecular weight is 339 g/mol. The molecule has 22 heavy (non-hydrogen) atoms. The normalized spacial score (nSPS) is 19.5. The molecule has 1 aromatic carbocycles. The minimum Gasteiger partial charge on any atom is -0.479 e. The molecule has 0 bridgehead atoms. The van der Waals surface area contributed by atoms with E-state index < -0.39 is 12.0 Å². The Labute approximate surface area is 139 Å². The molecule has 1 heterocycles. The molecule has 1 aliphatic heterocycles. The van der Waals surface area contributed by atoms with Gasteiger partial charge in [-0.1, -0.05) is 18.2 Å². The third kappa shape index (κ3) is 4.68. The van der Waals surface area contributed by atoms with Gasteiger partial charge < -0.3 is 10.4 Å². The molecular weight excluding hydrogens is 318 g/mol. The van der Waals surface area contributed by atoms with Gasteiger partial charge in [0.25, 0.3) is 0 Å². The summed E-state index contributed by atoms with van der Waals surface area (Å²) in [4.78, 5) is 23.7. The Morgan fingerprint density at radius 1 is 1.32 bits per heavy atom. The zero-order valence-electron chi connectivity index (χ0n) is 12.8. The van der Waals surface area contributed by atoms with Gasteiger partial charge in [0.15, 0.2) is 6.04 Å². The van der Waals surface area contributed by atoms with E-state index in [4.69, 9.17) is 0 Å². The Kier molecular flexibility index (Phi) is 6.20. The van der Waals surface area contributed by atoms with Gasteiger partial charge in [-0.15, -0.1) is 0 Å². The monoisotopic (exact) mass is 339 g/mol. The SMILES string of the molecule is Cc1ccc(C(NC(=O)CC2CSCCS2)C(=O)O)cc1C. The first-order valence-electron chi connectivity index (χ1n) is 7.26. The lowest BCUT2D eigenvalue weighted by atomic mass is 10.0.